The SMILES string of the molecule is CN(CC(=O)NCC(=O)O)CC12CC3CC(CC(C3)C1)C2. The lowest BCUT2D eigenvalue weighted by Crippen LogP contribution is -2.51. The summed E-state index contributed by atoms with van der Waals surface area (Å²) in [6.07, 6.45) is 8.30. The number of rotatable bonds is 6. The van der Waals surface area contributed by atoms with Gasteiger partial charge in [0.05, 0.1) is 6.54 Å². The van der Waals surface area contributed by atoms with Crippen LogP contribution in [-0.4, -0.2) is 48.6 Å². The first-order valence-electron chi connectivity index (χ1n) is 8.11. The van der Waals surface area contributed by atoms with Crippen molar-refractivity contribution in [2.75, 3.05) is 26.7 Å². The van der Waals surface area contributed by atoms with E-state index in [0.717, 1.165) is 24.3 Å². The number of hydrogen-bond donors (Lipinski definition) is 2. The Morgan fingerprint density at radius 2 is 1.67 bits per heavy atom. The zero-order valence-corrected chi connectivity index (χ0v) is 12.8. The molecule has 4 aliphatic rings. The molecule has 0 heterocycles. The van der Waals surface area contributed by atoms with E-state index < -0.39 is 5.97 Å². The van der Waals surface area contributed by atoms with E-state index in [9.17, 15) is 9.59 Å². The molecule has 0 radical (unpaired) electrons. The van der Waals surface area contributed by atoms with Gasteiger partial charge in [-0.3, -0.25) is 14.5 Å². The minimum Gasteiger partial charge on any atom is -0.480 e. The summed E-state index contributed by atoms with van der Waals surface area (Å²) >= 11 is 0. The minimum atomic E-state index is -0.993. The highest BCUT2D eigenvalue weighted by molar-refractivity contribution is 5.82. The second-order valence-corrected chi connectivity index (χ2v) is 7.76. The van der Waals surface area contributed by atoms with E-state index in [-0.39, 0.29) is 12.5 Å². The molecule has 0 saturated heterocycles. The second-order valence-electron chi connectivity index (χ2n) is 7.76. The summed E-state index contributed by atoms with van der Waals surface area (Å²) in [5.41, 5.74) is 0.427. The quantitative estimate of drug-likeness (QED) is 0.775. The first-order chi connectivity index (χ1) is 9.94. The van der Waals surface area contributed by atoms with E-state index in [1.54, 1.807) is 0 Å². The number of hydrogen-bond acceptors (Lipinski definition) is 3. The fourth-order valence-electron chi connectivity index (χ4n) is 5.59. The number of carbonyl (C=O) groups is 2. The van der Waals surface area contributed by atoms with Crippen molar-refractivity contribution in [1.29, 1.82) is 0 Å². The molecule has 21 heavy (non-hydrogen) atoms. The van der Waals surface area contributed by atoms with Gasteiger partial charge < -0.3 is 10.4 Å². The van der Waals surface area contributed by atoms with Gasteiger partial charge in [0.15, 0.2) is 0 Å². The summed E-state index contributed by atoms with van der Waals surface area (Å²) < 4.78 is 0. The molecule has 0 aliphatic heterocycles. The Kier molecular flexibility index (Phi) is 3.95. The number of carbonyl (C=O) groups excluding carboxylic acids is 1. The maximum absolute atomic E-state index is 11.7. The summed E-state index contributed by atoms with van der Waals surface area (Å²) in [4.78, 5) is 24.3. The predicted octanol–water partition coefficient (Wildman–Crippen LogP) is 1.34. The van der Waals surface area contributed by atoms with Gasteiger partial charge in [-0.2, -0.15) is 0 Å². The third kappa shape index (κ3) is 3.39. The highest BCUT2D eigenvalue weighted by Crippen LogP contribution is 2.60. The van der Waals surface area contributed by atoms with Crippen molar-refractivity contribution in [3.05, 3.63) is 0 Å². The number of amides is 1. The molecule has 4 saturated carbocycles. The Morgan fingerprint density at radius 1 is 1.14 bits per heavy atom. The van der Waals surface area contributed by atoms with Crippen LogP contribution < -0.4 is 5.32 Å². The molecule has 118 valence electrons. The Labute approximate surface area is 126 Å². The van der Waals surface area contributed by atoms with Crippen molar-refractivity contribution in [3.8, 4) is 0 Å². The minimum absolute atomic E-state index is 0.190. The zero-order chi connectivity index (χ0) is 15.0. The fourth-order valence-corrected chi connectivity index (χ4v) is 5.59. The summed E-state index contributed by atoms with van der Waals surface area (Å²) in [6, 6.07) is 0. The van der Waals surface area contributed by atoms with Gasteiger partial charge >= 0.3 is 5.97 Å². The number of likely N-dealkylation sites (N-methyl/N-ethyl adjacent to an activating group) is 1. The Balaban J connectivity index is 1.51. The van der Waals surface area contributed by atoms with Crippen LogP contribution in [-0.2, 0) is 9.59 Å². The molecular formula is C16H26N2O3. The average molecular weight is 294 g/mol. The maximum atomic E-state index is 11.7. The maximum Gasteiger partial charge on any atom is 0.322 e. The first kappa shape index (κ1) is 14.8. The van der Waals surface area contributed by atoms with E-state index in [1.165, 1.54) is 38.5 Å². The van der Waals surface area contributed by atoms with Gasteiger partial charge in [0.2, 0.25) is 5.91 Å². The smallest absolute Gasteiger partial charge is 0.322 e. The van der Waals surface area contributed by atoms with Gasteiger partial charge in [0.1, 0.15) is 6.54 Å². The van der Waals surface area contributed by atoms with Crippen molar-refractivity contribution in [2.45, 2.75) is 38.5 Å². The summed E-state index contributed by atoms with van der Waals surface area (Å²) in [5.74, 6) is 1.58. The molecule has 4 fully saturated rings. The third-order valence-electron chi connectivity index (χ3n) is 5.62. The van der Waals surface area contributed by atoms with Crippen LogP contribution in [0.2, 0.25) is 0 Å². The Bertz CT molecular complexity index is 400. The monoisotopic (exact) mass is 294 g/mol. The molecule has 4 aliphatic carbocycles. The second kappa shape index (κ2) is 5.59. The van der Waals surface area contributed by atoms with E-state index in [2.05, 4.69) is 10.2 Å². The summed E-state index contributed by atoms with van der Waals surface area (Å²) in [7, 11) is 1.99. The number of nitrogens with one attached hydrogen (secondary N) is 1. The largest absolute Gasteiger partial charge is 0.480 e. The standard InChI is InChI=1S/C16H26N2O3/c1-18(9-14(19)17-8-15(20)21)10-16-5-11-2-12(6-16)4-13(3-11)7-16/h11-13H,2-10H2,1H3,(H,17,19)(H,20,21). The van der Waals surface area contributed by atoms with Crippen LogP contribution in [0.15, 0.2) is 0 Å². The molecule has 5 heteroatoms. The highest BCUT2D eigenvalue weighted by atomic mass is 16.4. The normalized spacial score (nSPS) is 37.0. The van der Waals surface area contributed by atoms with Crippen LogP contribution in [0.25, 0.3) is 0 Å². The predicted molar refractivity (Wildman–Crippen MR) is 78.7 cm³/mol. The molecule has 2 N–H and O–H groups in total. The lowest BCUT2D eigenvalue weighted by Gasteiger charge is -2.57. The molecule has 4 rings (SSSR count). The number of carboxylic acid groups (broad SMARTS) is 1. The van der Waals surface area contributed by atoms with Crippen LogP contribution in [0.1, 0.15) is 38.5 Å². The molecule has 4 bridgehead atoms. The van der Waals surface area contributed by atoms with Gasteiger partial charge in [-0.05, 0) is 68.7 Å². The lowest BCUT2D eigenvalue weighted by molar-refractivity contribution is -0.138. The number of carboxylic acids is 1. The summed E-state index contributed by atoms with van der Waals surface area (Å²) in [5, 5.41) is 11.0. The van der Waals surface area contributed by atoms with Crippen molar-refractivity contribution in [3.63, 3.8) is 0 Å². The van der Waals surface area contributed by atoms with Crippen LogP contribution in [0.5, 0.6) is 0 Å². The van der Waals surface area contributed by atoms with Crippen LogP contribution in [0.3, 0.4) is 0 Å². The molecule has 5 nitrogen and oxygen atoms in total. The van der Waals surface area contributed by atoms with E-state index in [1.807, 2.05) is 7.05 Å². The highest BCUT2D eigenvalue weighted by Gasteiger charge is 2.50. The molecule has 1 amide bonds. The van der Waals surface area contributed by atoms with Crippen molar-refractivity contribution >= 4 is 11.9 Å². The van der Waals surface area contributed by atoms with E-state index in [0.29, 0.717) is 12.0 Å². The zero-order valence-electron chi connectivity index (χ0n) is 12.8. The van der Waals surface area contributed by atoms with Crippen molar-refractivity contribution < 1.29 is 14.7 Å². The molecule has 0 aromatic carbocycles. The Morgan fingerprint density at radius 3 is 2.14 bits per heavy atom. The van der Waals surface area contributed by atoms with Crippen LogP contribution >= 0.6 is 0 Å². The van der Waals surface area contributed by atoms with Gasteiger partial charge in [-0.1, -0.05) is 0 Å². The molecule has 0 unspecified atom stereocenters. The Hall–Kier alpha value is -1.10. The van der Waals surface area contributed by atoms with Gasteiger partial charge in [-0.15, -0.1) is 0 Å². The molecular weight excluding hydrogens is 268 g/mol. The topological polar surface area (TPSA) is 69.6 Å². The van der Waals surface area contributed by atoms with E-state index >= 15 is 0 Å². The van der Waals surface area contributed by atoms with Crippen molar-refractivity contribution in [1.82, 2.24) is 10.2 Å². The molecule has 0 aromatic heterocycles. The van der Waals surface area contributed by atoms with Crippen LogP contribution in [0.4, 0.5) is 0 Å². The average Bonchev–Trinajstić information content (AvgIpc) is 2.33. The van der Waals surface area contributed by atoms with Gasteiger partial charge in [-0.25, -0.2) is 0 Å². The summed E-state index contributed by atoms with van der Waals surface area (Å²) in [6.45, 7) is 0.996. The molecule has 0 atom stereocenters. The number of nitrogens with zero attached hydrogens (tertiary/aromatic N) is 1. The van der Waals surface area contributed by atoms with Crippen molar-refractivity contribution in [2.24, 2.45) is 23.2 Å². The molecule has 0 aromatic rings. The molecule has 0 spiro atoms. The van der Waals surface area contributed by atoms with Gasteiger partial charge in [0, 0.05) is 6.54 Å². The third-order valence-corrected chi connectivity index (χ3v) is 5.62. The fraction of sp³-hybridized carbons (Fsp3) is 0.875. The first-order valence-corrected chi connectivity index (χ1v) is 8.11. The number of aliphatic carboxylic acids is 1. The van der Waals surface area contributed by atoms with Gasteiger partial charge in [0.25, 0.3) is 0 Å². The van der Waals surface area contributed by atoms with Crippen LogP contribution in [0, 0.1) is 23.2 Å². The van der Waals surface area contributed by atoms with E-state index in [4.69, 9.17) is 5.11 Å². The lowest BCUT2D eigenvalue weighted by atomic mass is 9.49.